The molecule has 2 heterocycles. The van der Waals surface area contributed by atoms with Gasteiger partial charge in [0.05, 0.1) is 11.4 Å². The molecule has 1 aliphatic rings. The quantitative estimate of drug-likeness (QED) is 0.880. The van der Waals surface area contributed by atoms with E-state index in [2.05, 4.69) is 10.5 Å². The number of nitrogens with zero attached hydrogens (tertiary/aromatic N) is 1. The molecular weight excluding hydrogens is 304 g/mol. The molecule has 1 aromatic heterocycles. The molecule has 0 radical (unpaired) electrons. The molecule has 7 heteroatoms. The molecular formula is C15H16N2O4S. The van der Waals surface area contributed by atoms with Gasteiger partial charge >= 0.3 is 0 Å². The smallest absolute Gasteiger partial charge is 0.231 e. The lowest BCUT2D eigenvalue weighted by Gasteiger charge is -2.06. The lowest BCUT2D eigenvalue weighted by molar-refractivity contribution is -0.118. The van der Waals surface area contributed by atoms with Crippen LogP contribution in [0.3, 0.4) is 0 Å². The summed E-state index contributed by atoms with van der Waals surface area (Å²) in [6, 6.07) is 7.52. The molecule has 0 atom stereocenters. The molecule has 1 amide bonds. The van der Waals surface area contributed by atoms with Gasteiger partial charge in [-0.05, 0) is 24.6 Å². The number of hydrogen-bond acceptors (Lipinski definition) is 6. The van der Waals surface area contributed by atoms with Crippen molar-refractivity contribution >= 4 is 17.7 Å². The molecule has 0 bridgehead atoms. The van der Waals surface area contributed by atoms with E-state index in [1.54, 1.807) is 0 Å². The Labute approximate surface area is 132 Å². The highest BCUT2D eigenvalue weighted by molar-refractivity contribution is 7.99. The molecule has 6 nitrogen and oxygen atoms in total. The van der Waals surface area contributed by atoms with Gasteiger partial charge < -0.3 is 19.3 Å². The number of nitrogens with one attached hydrogen (secondary N) is 1. The van der Waals surface area contributed by atoms with Gasteiger partial charge in [-0.3, -0.25) is 4.79 Å². The van der Waals surface area contributed by atoms with Gasteiger partial charge in [-0.25, -0.2) is 0 Å². The van der Waals surface area contributed by atoms with Gasteiger partial charge in [-0.1, -0.05) is 11.2 Å². The summed E-state index contributed by atoms with van der Waals surface area (Å²) in [6.45, 7) is 2.57. The second kappa shape index (κ2) is 6.74. The minimum atomic E-state index is -0.0112. The van der Waals surface area contributed by atoms with E-state index in [-0.39, 0.29) is 12.7 Å². The fourth-order valence-corrected chi connectivity index (χ4v) is 2.77. The zero-order chi connectivity index (χ0) is 15.4. The third-order valence-corrected chi connectivity index (χ3v) is 4.05. The molecule has 1 aromatic carbocycles. The summed E-state index contributed by atoms with van der Waals surface area (Å²) in [6.07, 6.45) is 0. The number of benzene rings is 1. The van der Waals surface area contributed by atoms with Crippen LogP contribution in [0.25, 0.3) is 0 Å². The van der Waals surface area contributed by atoms with Gasteiger partial charge in [-0.2, -0.15) is 0 Å². The SMILES string of the molecule is Cc1cc(CSCC(=O)NCc2ccc3c(c2)OCO3)no1. The number of thioether (sulfide) groups is 1. The van der Waals surface area contributed by atoms with Crippen LogP contribution in [0.1, 0.15) is 17.0 Å². The number of aryl methyl sites for hydroxylation is 1. The second-order valence-electron chi connectivity index (χ2n) is 4.89. The molecule has 0 saturated carbocycles. The first-order valence-electron chi connectivity index (χ1n) is 6.86. The van der Waals surface area contributed by atoms with E-state index >= 15 is 0 Å². The Morgan fingerprint density at radius 1 is 1.32 bits per heavy atom. The predicted octanol–water partition coefficient (Wildman–Crippen LogP) is 2.26. The number of rotatable bonds is 6. The minimum Gasteiger partial charge on any atom is -0.454 e. The molecule has 22 heavy (non-hydrogen) atoms. The normalized spacial score (nSPS) is 12.4. The van der Waals surface area contributed by atoms with E-state index in [0.29, 0.717) is 18.1 Å². The summed E-state index contributed by atoms with van der Waals surface area (Å²) in [4.78, 5) is 11.8. The maximum Gasteiger partial charge on any atom is 0.231 e. The van der Waals surface area contributed by atoms with Crippen molar-refractivity contribution in [2.75, 3.05) is 12.5 Å². The molecule has 0 aliphatic carbocycles. The van der Waals surface area contributed by atoms with Crippen LogP contribution in [0.4, 0.5) is 0 Å². The summed E-state index contributed by atoms with van der Waals surface area (Å²) in [7, 11) is 0. The minimum absolute atomic E-state index is 0.0112. The Morgan fingerprint density at radius 2 is 2.18 bits per heavy atom. The van der Waals surface area contributed by atoms with Crippen LogP contribution < -0.4 is 14.8 Å². The highest BCUT2D eigenvalue weighted by Gasteiger charge is 2.13. The van der Waals surface area contributed by atoms with E-state index in [9.17, 15) is 4.79 Å². The zero-order valence-electron chi connectivity index (χ0n) is 12.1. The first kappa shape index (κ1) is 14.8. The zero-order valence-corrected chi connectivity index (χ0v) is 12.9. The molecule has 116 valence electrons. The van der Waals surface area contributed by atoms with Gasteiger partial charge in [0, 0.05) is 18.4 Å². The highest BCUT2D eigenvalue weighted by atomic mass is 32.2. The Balaban J connectivity index is 1.40. The van der Waals surface area contributed by atoms with E-state index in [1.165, 1.54) is 11.8 Å². The molecule has 1 N–H and O–H groups in total. The number of carbonyl (C=O) groups is 1. The first-order chi connectivity index (χ1) is 10.7. The van der Waals surface area contributed by atoms with Gasteiger partial charge in [0.1, 0.15) is 5.76 Å². The number of carbonyl (C=O) groups excluding carboxylic acids is 1. The lowest BCUT2D eigenvalue weighted by Crippen LogP contribution is -2.24. The number of aromatic nitrogens is 1. The van der Waals surface area contributed by atoms with Crippen LogP contribution in [-0.4, -0.2) is 23.6 Å². The summed E-state index contributed by atoms with van der Waals surface area (Å²) < 4.78 is 15.5. The molecule has 0 saturated heterocycles. The largest absolute Gasteiger partial charge is 0.454 e. The van der Waals surface area contributed by atoms with Crippen molar-refractivity contribution < 1.29 is 18.8 Å². The van der Waals surface area contributed by atoms with E-state index in [0.717, 1.165) is 28.5 Å². The fourth-order valence-electron chi connectivity index (χ4n) is 2.04. The maximum absolute atomic E-state index is 11.8. The summed E-state index contributed by atoms with van der Waals surface area (Å²) >= 11 is 1.50. The number of hydrogen-bond donors (Lipinski definition) is 1. The molecule has 2 aromatic rings. The predicted molar refractivity (Wildman–Crippen MR) is 81.8 cm³/mol. The van der Waals surface area contributed by atoms with Crippen molar-refractivity contribution in [1.82, 2.24) is 10.5 Å². The average molecular weight is 320 g/mol. The average Bonchev–Trinajstić information content (AvgIpc) is 3.13. The van der Waals surface area contributed by atoms with Crippen LogP contribution in [-0.2, 0) is 17.1 Å². The summed E-state index contributed by atoms with van der Waals surface area (Å²) in [5, 5.41) is 6.77. The van der Waals surface area contributed by atoms with E-state index < -0.39 is 0 Å². The van der Waals surface area contributed by atoms with Gasteiger partial charge in [0.2, 0.25) is 12.7 Å². The monoisotopic (exact) mass is 320 g/mol. The molecule has 0 unspecified atom stereocenters. The topological polar surface area (TPSA) is 73.6 Å². The van der Waals surface area contributed by atoms with Crippen LogP contribution in [0.5, 0.6) is 11.5 Å². The third kappa shape index (κ3) is 3.73. The van der Waals surface area contributed by atoms with Crippen molar-refractivity contribution in [2.24, 2.45) is 0 Å². The van der Waals surface area contributed by atoms with E-state index in [4.69, 9.17) is 14.0 Å². The summed E-state index contributed by atoms with van der Waals surface area (Å²) in [5.74, 6) is 3.28. The summed E-state index contributed by atoms with van der Waals surface area (Å²) in [5.41, 5.74) is 1.83. The molecule has 0 spiro atoms. The lowest BCUT2D eigenvalue weighted by atomic mass is 10.2. The van der Waals surface area contributed by atoms with Gasteiger partial charge in [-0.15, -0.1) is 11.8 Å². The second-order valence-corrected chi connectivity index (χ2v) is 5.87. The van der Waals surface area contributed by atoms with Crippen LogP contribution >= 0.6 is 11.8 Å². The number of fused-ring (bicyclic) bond motifs is 1. The van der Waals surface area contributed by atoms with Gasteiger partial charge in [0.15, 0.2) is 11.5 Å². The fraction of sp³-hybridized carbons (Fsp3) is 0.333. The Hall–Kier alpha value is -2.15. The number of ether oxygens (including phenoxy) is 2. The van der Waals surface area contributed by atoms with Crippen LogP contribution in [0.15, 0.2) is 28.8 Å². The maximum atomic E-state index is 11.8. The first-order valence-corrected chi connectivity index (χ1v) is 8.01. The standard InChI is InChI=1S/C15H16N2O4S/c1-10-4-12(17-21-10)7-22-8-15(18)16-6-11-2-3-13-14(5-11)20-9-19-13/h2-5H,6-9H2,1H3,(H,16,18). The van der Waals surface area contributed by atoms with Crippen LogP contribution in [0, 0.1) is 6.92 Å². The number of amides is 1. The third-order valence-electron chi connectivity index (χ3n) is 3.09. The molecule has 3 rings (SSSR count). The molecule has 0 fully saturated rings. The molecule has 1 aliphatic heterocycles. The Bertz CT molecular complexity index is 671. The van der Waals surface area contributed by atoms with Crippen LogP contribution in [0.2, 0.25) is 0 Å². The van der Waals surface area contributed by atoms with Gasteiger partial charge in [0.25, 0.3) is 0 Å². The van der Waals surface area contributed by atoms with Crippen molar-refractivity contribution in [2.45, 2.75) is 19.2 Å². The Kier molecular flexibility index (Phi) is 4.53. The van der Waals surface area contributed by atoms with Crippen molar-refractivity contribution in [3.05, 3.63) is 41.3 Å². The van der Waals surface area contributed by atoms with Crippen molar-refractivity contribution in [3.63, 3.8) is 0 Å². The Morgan fingerprint density at radius 3 is 3.00 bits per heavy atom. The van der Waals surface area contributed by atoms with Crippen molar-refractivity contribution in [3.8, 4) is 11.5 Å². The van der Waals surface area contributed by atoms with E-state index in [1.807, 2.05) is 31.2 Å². The van der Waals surface area contributed by atoms with Crippen molar-refractivity contribution in [1.29, 1.82) is 0 Å². The highest BCUT2D eigenvalue weighted by Crippen LogP contribution is 2.32.